The maximum absolute atomic E-state index is 12.4. The molecule has 3 rings (SSSR count). The number of nitro groups is 1. The second-order valence-corrected chi connectivity index (χ2v) is 22.0. The molecule has 3 aromatic rings. The van der Waals surface area contributed by atoms with E-state index in [2.05, 4.69) is 40.0 Å². The first-order valence-corrected chi connectivity index (χ1v) is 32.6. The summed E-state index contributed by atoms with van der Waals surface area (Å²) in [6.07, 6.45) is 13.8. The second kappa shape index (κ2) is 67.4. The van der Waals surface area contributed by atoms with E-state index in [9.17, 15) is 72.4 Å². The van der Waals surface area contributed by atoms with Crippen molar-refractivity contribution < 1.29 is 122 Å². The number of benzene rings is 1. The number of nitro benzene ring substituents is 1. The van der Waals surface area contributed by atoms with Gasteiger partial charge in [-0.05, 0) is 134 Å². The number of amides is 2. The Bertz CT molecular complexity index is 3060. The quantitative estimate of drug-likeness (QED) is 0.0124. The SMILES string of the molecule is Cc1cn(CC(=O)N(CCNC(=O)OC(C)(C)C)CC(=O)O)c(=O)[nH]c1=O.NCCC(=O)O.NCCC/C=C/CCC(=O)O.NCCCC(=O)OCCC(=O)O.NCCCCC(=O)O.NCCCCC(=O)O.NCCOCCOCC(=O)O.O=C(O)CCCCCNc1ccc([N+](=O)[O-])c2nonc12. The number of aromatic nitrogens is 4. The highest BCUT2D eigenvalue weighted by Crippen LogP contribution is 2.28. The van der Waals surface area contributed by atoms with Crippen LogP contribution in [-0.4, -0.2) is 240 Å². The number of nitrogens with one attached hydrogen (secondary N) is 3. The summed E-state index contributed by atoms with van der Waals surface area (Å²) in [5, 5.41) is 89.7. The summed E-state index contributed by atoms with van der Waals surface area (Å²) < 4.78 is 24.8. The van der Waals surface area contributed by atoms with E-state index in [0.717, 1.165) is 48.0 Å². The van der Waals surface area contributed by atoms with Gasteiger partial charge in [0.2, 0.25) is 11.4 Å². The number of esters is 1. The Hall–Kier alpha value is -10.1. The molecule has 0 radical (unpaired) electrons. The van der Waals surface area contributed by atoms with E-state index in [1.54, 1.807) is 26.8 Å². The number of ether oxygens (including phenoxy) is 4. The average molecular weight is 1500 g/mol. The molecule has 0 bridgehead atoms. The van der Waals surface area contributed by atoms with Gasteiger partial charge in [0.25, 0.3) is 5.56 Å². The number of nitrogens with two attached hydrogens (primary N) is 6. The number of carboxylic acid groups (broad SMARTS) is 8. The molecule has 1 aromatic carbocycles. The Labute approximate surface area is 599 Å². The molecule has 0 saturated carbocycles. The van der Waals surface area contributed by atoms with E-state index in [-0.39, 0.29) is 101 Å². The highest BCUT2D eigenvalue weighted by Gasteiger charge is 2.22. The molecule has 23 N–H and O–H groups in total. The predicted octanol–water partition coefficient (Wildman–Crippen LogP) is 1.24. The molecule has 0 aliphatic heterocycles. The Morgan fingerprint density at radius 1 is 0.596 bits per heavy atom. The number of hydrogen-bond acceptors (Lipinski definition) is 29. The van der Waals surface area contributed by atoms with Crippen LogP contribution in [0.25, 0.3) is 11.0 Å². The molecule has 0 aliphatic carbocycles. The summed E-state index contributed by atoms with van der Waals surface area (Å²) in [5.74, 6) is -8.08. The van der Waals surface area contributed by atoms with Crippen LogP contribution < -0.4 is 56.3 Å². The maximum atomic E-state index is 12.4. The van der Waals surface area contributed by atoms with E-state index in [1.807, 2.05) is 12.2 Å². The van der Waals surface area contributed by atoms with Gasteiger partial charge < -0.3 is 110 Å². The van der Waals surface area contributed by atoms with Crippen molar-refractivity contribution in [3.63, 3.8) is 0 Å². The number of fused-ring (bicyclic) bond motifs is 1. The van der Waals surface area contributed by atoms with Gasteiger partial charge in [0.15, 0.2) is 5.52 Å². The number of alkyl carbamates (subject to hydrolysis) is 1. The fraction of sp³-hybridized carbons (Fsp3) is 0.629. The van der Waals surface area contributed by atoms with Crippen LogP contribution in [0.1, 0.15) is 142 Å². The number of carbonyl (C=O) groups excluding carboxylic acids is 3. The number of rotatable bonds is 44. The van der Waals surface area contributed by atoms with Gasteiger partial charge in [0.05, 0.1) is 43.3 Å². The Morgan fingerprint density at radius 3 is 1.61 bits per heavy atom. The Balaban J connectivity index is -0.000000379. The molecule has 0 spiro atoms. The largest absolute Gasteiger partial charge is 0.481 e. The average Bonchev–Trinajstić information content (AvgIpc) is 1.62. The molecule has 42 nitrogen and oxygen atoms in total. The molecule has 2 aromatic heterocycles. The van der Waals surface area contributed by atoms with Crippen LogP contribution in [0.5, 0.6) is 0 Å². The minimum absolute atomic E-state index is 0.0342. The molecule has 0 saturated heterocycles. The smallest absolute Gasteiger partial charge is 0.407 e. The third kappa shape index (κ3) is 70.3. The standard InChI is InChI=1S/C16H24N4O7.C12H14N4O5.C8H15NO2.C7H13NO4.C6H13NO4.2C5H11NO2.C3H7NO2/c1-10-7-20(14(25)18-13(10)24)8-11(21)19(9-12(22)23)6-5-17-15(26)27-16(2,3)4;17-10(18)4-2-1-3-7-13-8-5-6-9(16(19)20)12-11(8)14-21-15-12;9-7-5-3-1-2-4-6-8(10)11;8-4-1-2-7(11)12-5-3-6(9)10;7-1-2-10-3-4-11-5-6(8)9;2*6-4-2-1-3-5(7)8;4-2-1-3(5)6/h7H,5-6,8-9H2,1-4H3,(H,17,26)(H,22,23)(H,18,24,25);5-6,13H,1-4,7H2,(H,17,18);1-2H,3-7,9H2,(H,10,11);1-5,8H2,(H,9,10);1-5,7H2,(H,8,9);2*1-4,6H2,(H,7,8);1-2,4H2,(H,5,6)/b;;2-1+;;;;;. The van der Waals surface area contributed by atoms with Crippen molar-refractivity contribution >= 4 is 88.1 Å². The van der Waals surface area contributed by atoms with Gasteiger partial charge in [-0.15, -0.1) is 0 Å². The van der Waals surface area contributed by atoms with Crippen molar-refractivity contribution in [2.24, 2.45) is 34.4 Å². The van der Waals surface area contributed by atoms with Crippen LogP contribution in [0.3, 0.4) is 0 Å². The van der Waals surface area contributed by atoms with E-state index >= 15 is 0 Å². The minimum Gasteiger partial charge on any atom is -0.481 e. The molecular weight excluding hydrogens is 1390 g/mol. The van der Waals surface area contributed by atoms with Crippen LogP contribution in [-0.2, 0) is 73.4 Å². The summed E-state index contributed by atoms with van der Waals surface area (Å²) in [7, 11) is 0. The van der Waals surface area contributed by atoms with Crippen molar-refractivity contribution in [3.8, 4) is 0 Å². The fourth-order valence-corrected chi connectivity index (χ4v) is 6.66. The molecule has 2 amide bonds. The first kappa shape index (κ1) is 103. The molecule has 0 atom stereocenters. The number of hydrogen-bond donors (Lipinski definition) is 17. The number of H-pyrrole nitrogens is 1. The summed E-state index contributed by atoms with van der Waals surface area (Å²) in [5.41, 5.74) is 29.7. The molecular formula is C62H108N14O28. The summed E-state index contributed by atoms with van der Waals surface area (Å²) in [4.78, 5) is 152. The fourth-order valence-electron chi connectivity index (χ4n) is 6.66. The van der Waals surface area contributed by atoms with Gasteiger partial charge in [-0.2, -0.15) is 0 Å². The molecule has 0 fully saturated rings. The minimum atomic E-state index is -1.24. The van der Waals surface area contributed by atoms with Crippen LogP contribution in [0.15, 0.2) is 44.7 Å². The van der Waals surface area contributed by atoms with Crippen LogP contribution in [0.4, 0.5) is 16.2 Å². The third-order valence-electron chi connectivity index (χ3n) is 11.5. The van der Waals surface area contributed by atoms with Gasteiger partial charge >= 0.3 is 71.2 Å². The number of unbranched alkanes of at least 4 members (excludes halogenated alkanes) is 5. The number of aliphatic carboxylic acids is 8. The van der Waals surface area contributed by atoms with E-state index in [0.29, 0.717) is 102 Å². The lowest BCUT2D eigenvalue weighted by Crippen LogP contribution is -2.45. The van der Waals surface area contributed by atoms with Crippen molar-refractivity contribution in [2.75, 3.05) is 104 Å². The van der Waals surface area contributed by atoms with Gasteiger partial charge in [0.1, 0.15) is 31.9 Å². The lowest BCUT2D eigenvalue weighted by atomic mass is 10.2. The van der Waals surface area contributed by atoms with Gasteiger partial charge in [0, 0.05) is 82.7 Å². The van der Waals surface area contributed by atoms with Crippen molar-refractivity contribution in [3.05, 3.63) is 67.0 Å². The zero-order chi connectivity index (χ0) is 80.3. The number of aryl methyl sites for hydroxylation is 1. The number of carboxylic acids is 8. The molecule has 42 heteroatoms. The van der Waals surface area contributed by atoms with Crippen LogP contribution in [0.2, 0.25) is 0 Å². The van der Waals surface area contributed by atoms with Crippen molar-refractivity contribution in [1.82, 2.24) is 30.1 Å². The monoisotopic (exact) mass is 1500 g/mol. The van der Waals surface area contributed by atoms with Crippen molar-refractivity contribution in [1.29, 1.82) is 0 Å². The molecule has 594 valence electrons. The highest BCUT2D eigenvalue weighted by atomic mass is 16.6. The maximum Gasteiger partial charge on any atom is 0.407 e. The zero-order valence-electron chi connectivity index (χ0n) is 59.4. The van der Waals surface area contributed by atoms with E-state index < -0.39 is 94.6 Å². The zero-order valence-corrected chi connectivity index (χ0v) is 59.4. The third-order valence-corrected chi connectivity index (χ3v) is 11.5. The highest BCUT2D eigenvalue weighted by molar-refractivity contribution is 5.93. The molecule has 0 unspecified atom stereocenters. The topological polar surface area (TPSA) is 707 Å². The normalized spacial score (nSPS) is 10.1. The molecule has 2 heterocycles. The second-order valence-electron chi connectivity index (χ2n) is 22.0. The number of nitrogens with zero attached hydrogens (tertiary/aromatic N) is 5. The van der Waals surface area contributed by atoms with Crippen LogP contribution >= 0.6 is 0 Å². The molecule has 104 heavy (non-hydrogen) atoms. The van der Waals surface area contributed by atoms with Gasteiger partial charge in [-0.3, -0.25) is 67.6 Å². The lowest BCUT2D eigenvalue weighted by molar-refractivity contribution is -0.383. The number of allylic oxidation sites excluding steroid dienone is 2. The Morgan fingerprint density at radius 2 is 1.12 bits per heavy atom. The first-order valence-electron chi connectivity index (χ1n) is 32.6. The predicted molar refractivity (Wildman–Crippen MR) is 374 cm³/mol. The van der Waals surface area contributed by atoms with Gasteiger partial charge in [-0.25, -0.2) is 19.0 Å². The molecule has 0 aliphatic rings. The number of carbonyl (C=O) groups is 11. The van der Waals surface area contributed by atoms with E-state index in [1.165, 1.54) is 19.2 Å². The number of anilines is 1. The van der Waals surface area contributed by atoms with Crippen molar-refractivity contribution in [2.45, 2.75) is 155 Å². The Kier molecular flexibility index (Phi) is 66.4. The number of non-ortho nitro benzene ring substituents is 1. The number of aromatic amines is 1. The summed E-state index contributed by atoms with van der Waals surface area (Å²) in [6.45, 7) is 9.84. The summed E-state index contributed by atoms with van der Waals surface area (Å²) >= 11 is 0. The summed E-state index contributed by atoms with van der Waals surface area (Å²) in [6, 6.07) is 2.90. The lowest BCUT2D eigenvalue weighted by Gasteiger charge is -2.23. The first-order chi connectivity index (χ1) is 49.0. The van der Waals surface area contributed by atoms with Gasteiger partial charge in [-0.1, -0.05) is 18.6 Å². The van der Waals surface area contributed by atoms with Crippen LogP contribution in [0, 0.1) is 17.0 Å². The van der Waals surface area contributed by atoms with E-state index in [4.69, 9.17) is 84.7 Å².